The molecule has 0 bridgehead atoms. The molecule has 0 spiro atoms. The first-order chi connectivity index (χ1) is 13.5. The van der Waals surface area contributed by atoms with E-state index >= 15 is 0 Å². The van der Waals surface area contributed by atoms with Gasteiger partial charge in [-0.2, -0.15) is 5.10 Å². The number of aromatic nitrogens is 2. The van der Waals surface area contributed by atoms with E-state index in [4.69, 9.17) is 11.6 Å². The quantitative estimate of drug-likeness (QED) is 0.634. The van der Waals surface area contributed by atoms with Crippen LogP contribution in [0.25, 0.3) is 0 Å². The Morgan fingerprint density at radius 1 is 1.14 bits per heavy atom. The summed E-state index contributed by atoms with van der Waals surface area (Å²) in [5.41, 5.74) is 4.60. The molecule has 1 aliphatic rings. The Bertz CT molecular complexity index is 975. The van der Waals surface area contributed by atoms with E-state index in [9.17, 15) is 4.79 Å². The molecule has 144 valence electrons. The highest BCUT2D eigenvalue weighted by molar-refractivity contribution is 6.30. The van der Waals surface area contributed by atoms with E-state index in [2.05, 4.69) is 22.5 Å². The Kier molecular flexibility index (Phi) is 5.23. The molecule has 0 saturated heterocycles. The normalized spacial score (nSPS) is 14.7. The van der Waals surface area contributed by atoms with Crippen LogP contribution in [0.1, 0.15) is 51.8 Å². The molecule has 0 aliphatic heterocycles. The lowest BCUT2D eigenvalue weighted by atomic mass is 10.0. The summed E-state index contributed by atoms with van der Waals surface area (Å²) in [7, 11) is 0. The summed E-state index contributed by atoms with van der Waals surface area (Å²) in [6.45, 7) is 4.52. The van der Waals surface area contributed by atoms with Crippen LogP contribution < -0.4 is 5.32 Å². The fraction of sp³-hybridized carbons (Fsp3) is 0.304. The lowest BCUT2D eigenvalue weighted by molar-refractivity contribution is 0.0930. The molecule has 1 heterocycles. The SMILES string of the molecule is Cc1nn(Cc2ccccc2)c(C)c1C(=O)N[C@H](c1ccc(Cl)cc1)C1CC1. The van der Waals surface area contributed by atoms with Crippen molar-refractivity contribution in [2.24, 2.45) is 5.92 Å². The number of nitrogens with zero attached hydrogens (tertiary/aromatic N) is 2. The number of hydrogen-bond donors (Lipinski definition) is 1. The van der Waals surface area contributed by atoms with Crippen molar-refractivity contribution in [2.45, 2.75) is 39.3 Å². The molecule has 1 fully saturated rings. The molecule has 1 atom stereocenters. The molecule has 3 aromatic rings. The van der Waals surface area contributed by atoms with Crippen LogP contribution in [0.4, 0.5) is 0 Å². The Labute approximate surface area is 170 Å². The summed E-state index contributed by atoms with van der Waals surface area (Å²) in [6.07, 6.45) is 2.28. The highest BCUT2D eigenvalue weighted by Crippen LogP contribution is 2.41. The van der Waals surface area contributed by atoms with Crippen LogP contribution in [0.3, 0.4) is 0 Å². The van der Waals surface area contributed by atoms with Crippen LogP contribution in [-0.4, -0.2) is 15.7 Å². The molecule has 0 unspecified atom stereocenters. The van der Waals surface area contributed by atoms with Gasteiger partial charge in [0.25, 0.3) is 5.91 Å². The summed E-state index contributed by atoms with van der Waals surface area (Å²) >= 11 is 6.03. The maximum Gasteiger partial charge on any atom is 0.255 e. The molecule has 1 aromatic heterocycles. The number of carbonyl (C=O) groups excluding carboxylic acids is 1. The first-order valence-corrected chi connectivity index (χ1v) is 10.0. The van der Waals surface area contributed by atoms with Gasteiger partial charge in [-0.1, -0.05) is 54.1 Å². The van der Waals surface area contributed by atoms with Gasteiger partial charge < -0.3 is 5.32 Å². The van der Waals surface area contributed by atoms with Gasteiger partial charge in [0.15, 0.2) is 0 Å². The Morgan fingerprint density at radius 2 is 1.82 bits per heavy atom. The second-order valence-electron chi connectivity index (χ2n) is 7.53. The van der Waals surface area contributed by atoms with E-state index < -0.39 is 0 Å². The molecule has 1 amide bonds. The van der Waals surface area contributed by atoms with Gasteiger partial charge in [-0.05, 0) is 55.9 Å². The van der Waals surface area contributed by atoms with E-state index in [1.165, 1.54) is 0 Å². The van der Waals surface area contributed by atoms with Gasteiger partial charge in [0.1, 0.15) is 0 Å². The monoisotopic (exact) mass is 393 g/mol. The summed E-state index contributed by atoms with van der Waals surface area (Å²) < 4.78 is 1.91. The third-order valence-electron chi connectivity index (χ3n) is 5.39. The zero-order chi connectivity index (χ0) is 19.7. The van der Waals surface area contributed by atoms with Crippen molar-refractivity contribution in [3.8, 4) is 0 Å². The number of amides is 1. The van der Waals surface area contributed by atoms with Crippen LogP contribution in [0.15, 0.2) is 54.6 Å². The molecule has 0 radical (unpaired) electrons. The summed E-state index contributed by atoms with van der Waals surface area (Å²) in [4.78, 5) is 13.1. The van der Waals surface area contributed by atoms with Gasteiger partial charge in [-0.25, -0.2) is 0 Å². The molecule has 1 saturated carbocycles. The van der Waals surface area contributed by atoms with Gasteiger partial charge in [-0.15, -0.1) is 0 Å². The molecule has 28 heavy (non-hydrogen) atoms. The van der Waals surface area contributed by atoms with Crippen molar-refractivity contribution in [1.82, 2.24) is 15.1 Å². The zero-order valence-corrected chi connectivity index (χ0v) is 16.9. The minimum absolute atomic E-state index is 0.0149. The molecule has 1 N–H and O–H groups in total. The molecular weight excluding hydrogens is 370 g/mol. The number of halogens is 1. The summed E-state index contributed by atoms with van der Waals surface area (Å²) in [5, 5.41) is 8.58. The average molecular weight is 394 g/mol. The third-order valence-corrected chi connectivity index (χ3v) is 5.64. The van der Waals surface area contributed by atoms with Crippen LogP contribution >= 0.6 is 11.6 Å². The van der Waals surface area contributed by atoms with E-state index in [1.807, 2.05) is 61.0 Å². The topological polar surface area (TPSA) is 46.9 Å². The van der Waals surface area contributed by atoms with E-state index in [0.717, 1.165) is 35.4 Å². The number of nitrogens with one attached hydrogen (secondary N) is 1. The van der Waals surface area contributed by atoms with Crippen LogP contribution in [0.2, 0.25) is 5.02 Å². The summed E-state index contributed by atoms with van der Waals surface area (Å²) in [6, 6.07) is 18.0. The number of aryl methyl sites for hydroxylation is 1. The van der Waals surface area contributed by atoms with E-state index in [0.29, 0.717) is 23.0 Å². The van der Waals surface area contributed by atoms with Crippen LogP contribution in [0, 0.1) is 19.8 Å². The summed E-state index contributed by atoms with van der Waals surface area (Å²) in [5.74, 6) is 0.436. The van der Waals surface area contributed by atoms with Crippen molar-refractivity contribution in [2.75, 3.05) is 0 Å². The number of benzene rings is 2. The fourth-order valence-corrected chi connectivity index (χ4v) is 3.85. The van der Waals surface area contributed by atoms with Crippen molar-refractivity contribution in [1.29, 1.82) is 0 Å². The Hall–Kier alpha value is -2.59. The fourth-order valence-electron chi connectivity index (χ4n) is 3.72. The molecule has 1 aliphatic carbocycles. The standard InChI is InChI=1S/C23H24ClN3O/c1-15-21(16(2)27(26-15)14-17-6-4-3-5-7-17)23(28)25-22(18-8-9-18)19-10-12-20(24)13-11-19/h3-7,10-13,18,22H,8-9,14H2,1-2H3,(H,25,28)/t22-/m0/s1. The number of rotatable bonds is 6. The van der Waals surface area contributed by atoms with E-state index in [1.54, 1.807) is 0 Å². The zero-order valence-electron chi connectivity index (χ0n) is 16.2. The molecule has 4 nitrogen and oxygen atoms in total. The maximum atomic E-state index is 13.1. The lowest BCUT2D eigenvalue weighted by Gasteiger charge is -2.19. The minimum atomic E-state index is -0.0545. The second-order valence-corrected chi connectivity index (χ2v) is 7.97. The van der Waals surface area contributed by atoms with Gasteiger partial charge in [0.05, 0.1) is 23.8 Å². The maximum absolute atomic E-state index is 13.1. The average Bonchev–Trinajstić information content (AvgIpc) is 3.48. The third kappa shape index (κ3) is 3.97. The molecule has 2 aromatic carbocycles. The minimum Gasteiger partial charge on any atom is -0.345 e. The van der Waals surface area contributed by atoms with E-state index in [-0.39, 0.29) is 11.9 Å². The predicted octanol–water partition coefficient (Wildman–Crippen LogP) is 5.08. The second kappa shape index (κ2) is 7.80. The molecule has 5 heteroatoms. The smallest absolute Gasteiger partial charge is 0.255 e. The van der Waals surface area contributed by atoms with Gasteiger partial charge in [0, 0.05) is 10.7 Å². The highest BCUT2D eigenvalue weighted by atomic mass is 35.5. The predicted molar refractivity (Wildman–Crippen MR) is 112 cm³/mol. The first-order valence-electron chi connectivity index (χ1n) is 9.67. The Morgan fingerprint density at radius 3 is 2.46 bits per heavy atom. The first kappa shape index (κ1) is 18.8. The number of hydrogen-bond acceptors (Lipinski definition) is 2. The molecule has 4 rings (SSSR count). The Balaban J connectivity index is 1.56. The van der Waals surface area contributed by atoms with Gasteiger partial charge >= 0.3 is 0 Å². The van der Waals surface area contributed by atoms with Crippen molar-refractivity contribution in [3.63, 3.8) is 0 Å². The number of carbonyl (C=O) groups is 1. The van der Waals surface area contributed by atoms with Gasteiger partial charge in [0.2, 0.25) is 0 Å². The van der Waals surface area contributed by atoms with Gasteiger partial charge in [-0.3, -0.25) is 9.48 Å². The van der Waals surface area contributed by atoms with Crippen LogP contribution in [-0.2, 0) is 6.54 Å². The van der Waals surface area contributed by atoms with Crippen molar-refractivity contribution in [3.05, 3.63) is 87.7 Å². The lowest BCUT2D eigenvalue weighted by Crippen LogP contribution is -2.30. The molecular formula is C23H24ClN3O. The highest BCUT2D eigenvalue weighted by Gasteiger charge is 2.34. The van der Waals surface area contributed by atoms with Crippen LogP contribution in [0.5, 0.6) is 0 Å². The largest absolute Gasteiger partial charge is 0.345 e. The van der Waals surface area contributed by atoms with Crippen molar-refractivity contribution >= 4 is 17.5 Å². The van der Waals surface area contributed by atoms with Crippen molar-refractivity contribution < 1.29 is 4.79 Å².